The molecule has 0 radical (unpaired) electrons. The molecule has 17 heavy (non-hydrogen) atoms. The van der Waals surface area contributed by atoms with Gasteiger partial charge in [0.25, 0.3) is 5.56 Å². The van der Waals surface area contributed by atoms with Gasteiger partial charge in [-0.3, -0.25) is 4.79 Å². The Bertz CT molecular complexity index is 427. The van der Waals surface area contributed by atoms with Crippen LogP contribution in [0.5, 0.6) is 0 Å². The molecule has 0 bridgehead atoms. The van der Waals surface area contributed by atoms with E-state index in [1.807, 2.05) is 6.20 Å². The van der Waals surface area contributed by atoms with Gasteiger partial charge in [0.05, 0.1) is 0 Å². The van der Waals surface area contributed by atoms with Gasteiger partial charge in [-0.05, 0) is 29.4 Å². The van der Waals surface area contributed by atoms with Crippen LogP contribution in [0.4, 0.5) is 0 Å². The second-order valence-corrected chi connectivity index (χ2v) is 5.74. The highest BCUT2D eigenvalue weighted by Gasteiger charge is 2.15. The fraction of sp³-hybridized carbons (Fsp3) is 0.643. The Labute approximate surface area is 104 Å². The molecule has 1 aromatic rings. The molecule has 0 amide bonds. The fourth-order valence-electron chi connectivity index (χ4n) is 2.03. The van der Waals surface area contributed by atoms with Crippen molar-refractivity contribution >= 4 is 0 Å². The zero-order valence-corrected chi connectivity index (χ0v) is 11.4. The second-order valence-electron chi connectivity index (χ2n) is 5.74. The molecule has 0 aliphatic rings. The largest absolute Gasteiger partial charge is 0.329 e. The maximum Gasteiger partial charge on any atom is 0.250 e. The van der Waals surface area contributed by atoms with Crippen LogP contribution < -0.4 is 11.3 Å². The number of aromatic nitrogens is 1. The quantitative estimate of drug-likeness (QED) is 0.868. The molecule has 3 nitrogen and oxygen atoms in total. The molecular formula is C14H24N2O. The van der Waals surface area contributed by atoms with Gasteiger partial charge in [-0.1, -0.05) is 27.7 Å². The van der Waals surface area contributed by atoms with Crippen molar-refractivity contribution in [2.24, 2.45) is 11.1 Å². The van der Waals surface area contributed by atoms with E-state index < -0.39 is 0 Å². The Kier molecular flexibility index (Phi) is 4.52. The van der Waals surface area contributed by atoms with Crippen LogP contribution in [0.15, 0.2) is 17.1 Å². The zero-order valence-electron chi connectivity index (χ0n) is 11.4. The average Bonchev–Trinajstić information content (AvgIpc) is 2.20. The number of rotatable bonds is 4. The van der Waals surface area contributed by atoms with Crippen molar-refractivity contribution in [1.29, 1.82) is 0 Å². The summed E-state index contributed by atoms with van der Waals surface area (Å²) in [6, 6.07) is 1.76. The summed E-state index contributed by atoms with van der Waals surface area (Å²) in [6.07, 6.45) is 3.88. The fourth-order valence-corrected chi connectivity index (χ4v) is 2.03. The summed E-state index contributed by atoms with van der Waals surface area (Å²) >= 11 is 0. The Morgan fingerprint density at radius 3 is 2.41 bits per heavy atom. The summed E-state index contributed by atoms with van der Waals surface area (Å²) in [6.45, 7) is 9.83. The highest BCUT2D eigenvalue weighted by atomic mass is 16.1. The molecule has 3 heteroatoms. The molecular weight excluding hydrogens is 212 g/mol. The second kappa shape index (κ2) is 5.50. The molecule has 0 aromatic carbocycles. The minimum atomic E-state index is 0.0601. The van der Waals surface area contributed by atoms with E-state index in [-0.39, 0.29) is 11.0 Å². The van der Waals surface area contributed by atoms with Gasteiger partial charge in [0.1, 0.15) is 0 Å². The maximum absolute atomic E-state index is 11.8. The van der Waals surface area contributed by atoms with E-state index >= 15 is 0 Å². The van der Waals surface area contributed by atoms with Crippen LogP contribution in [0.2, 0.25) is 0 Å². The minimum Gasteiger partial charge on any atom is -0.329 e. The number of aryl methyl sites for hydroxylation is 1. The summed E-state index contributed by atoms with van der Waals surface area (Å²) in [5, 5.41) is 0. The smallest absolute Gasteiger partial charge is 0.250 e. The van der Waals surface area contributed by atoms with Gasteiger partial charge in [0, 0.05) is 25.4 Å². The Hall–Kier alpha value is -1.09. The van der Waals surface area contributed by atoms with Crippen LogP contribution in [-0.4, -0.2) is 11.1 Å². The summed E-state index contributed by atoms with van der Waals surface area (Å²) in [7, 11) is 0. The molecule has 0 saturated heterocycles. The molecule has 1 heterocycles. The van der Waals surface area contributed by atoms with Crippen LogP contribution in [0, 0.1) is 5.41 Å². The molecule has 96 valence electrons. The first kappa shape index (κ1) is 14.0. The van der Waals surface area contributed by atoms with Crippen molar-refractivity contribution in [1.82, 2.24) is 4.57 Å². The standard InChI is InChI=1S/C14H24N2O/c1-5-11-8-13(17)16(7-6-15)10-12(11)9-14(2,3)4/h8,10H,5-7,9,15H2,1-4H3. The van der Waals surface area contributed by atoms with Crippen molar-refractivity contribution in [2.45, 2.75) is 47.1 Å². The Balaban J connectivity index is 3.17. The number of pyridine rings is 1. The van der Waals surface area contributed by atoms with Gasteiger partial charge in [-0.15, -0.1) is 0 Å². The van der Waals surface area contributed by atoms with Crippen LogP contribution in [0.3, 0.4) is 0 Å². The normalized spacial score (nSPS) is 11.8. The minimum absolute atomic E-state index is 0.0601. The average molecular weight is 236 g/mol. The first-order chi connectivity index (χ1) is 7.87. The highest BCUT2D eigenvalue weighted by Crippen LogP contribution is 2.22. The van der Waals surface area contributed by atoms with Crippen molar-refractivity contribution in [3.8, 4) is 0 Å². The molecule has 0 unspecified atom stereocenters. The first-order valence-electron chi connectivity index (χ1n) is 6.29. The Morgan fingerprint density at radius 2 is 1.94 bits per heavy atom. The first-order valence-corrected chi connectivity index (χ1v) is 6.29. The van der Waals surface area contributed by atoms with E-state index in [4.69, 9.17) is 5.73 Å². The van der Waals surface area contributed by atoms with Gasteiger partial charge >= 0.3 is 0 Å². The molecule has 0 aliphatic heterocycles. The molecule has 0 atom stereocenters. The lowest BCUT2D eigenvalue weighted by Crippen LogP contribution is -2.25. The lowest BCUT2D eigenvalue weighted by molar-refractivity contribution is 0.408. The molecule has 0 fully saturated rings. The third kappa shape index (κ3) is 4.00. The SMILES string of the molecule is CCc1cc(=O)n(CCN)cc1CC(C)(C)C. The highest BCUT2D eigenvalue weighted by molar-refractivity contribution is 5.25. The predicted molar refractivity (Wildman–Crippen MR) is 72.3 cm³/mol. The molecule has 1 aromatic heterocycles. The zero-order chi connectivity index (χ0) is 13.1. The van der Waals surface area contributed by atoms with Crippen molar-refractivity contribution in [3.05, 3.63) is 33.7 Å². The number of hydrogen-bond acceptors (Lipinski definition) is 2. The van der Waals surface area contributed by atoms with Crippen LogP contribution >= 0.6 is 0 Å². The molecule has 2 N–H and O–H groups in total. The lowest BCUT2D eigenvalue weighted by Gasteiger charge is -2.21. The van der Waals surface area contributed by atoms with Gasteiger partial charge < -0.3 is 10.3 Å². The van der Waals surface area contributed by atoms with Crippen LogP contribution in [0.25, 0.3) is 0 Å². The van der Waals surface area contributed by atoms with Gasteiger partial charge in [-0.25, -0.2) is 0 Å². The van der Waals surface area contributed by atoms with Crippen molar-refractivity contribution in [2.75, 3.05) is 6.54 Å². The number of nitrogens with two attached hydrogens (primary N) is 1. The van der Waals surface area contributed by atoms with Crippen LogP contribution in [0.1, 0.15) is 38.8 Å². The lowest BCUT2D eigenvalue weighted by atomic mass is 9.86. The summed E-state index contributed by atoms with van der Waals surface area (Å²) in [5.74, 6) is 0. The third-order valence-corrected chi connectivity index (χ3v) is 2.78. The predicted octanol–water partition coefficient (Wildman–Crippen LogP) is 1.96. The van der Waals surface area contributed by atoms with E-state index in [2.05, 4.69) is 27.7 Å². The Morgan fingerprint density at radius 1 is 1.29 bits per heavy atom. The van der Waals surface area contributed by atoms with Gasteiger partial charge in [0.2, 0.25) is 0 Å². The van der Waals surface area contributed by atoms with E-state index in [0.29, 0.717) is 13.1 Å². The summed E-state index contributed by atoms with van der Waals surface area (Å²) in [4.78, 5) is 11.8. The van der Waals surface area contributed by atoms with E-state index in [9.17, 15) is 4.79 Å². The molecule has 1 rings (SSSR count). The molecule has 0 saturated carbocycles. The topological polar surface area (TPSA) is 48.0 Å². The van der Waals surface area contributed by atoms with Crippen molar-refractivity contribution in [3.63, 3.8) is 0 Å². The number of hydrogen-bond donors (Lipinski definition) is 1. The van der Waals surface area contributed by atoms with E-state index in [0.717, 1.165) is 18.4 Å². The summed E-state index contributed by atoms with van der Waals surface area (Å²) in [5.41, 5.74) is 8.25. The van der Waals surface area contributed by atoms with Gasteiger partial charge in [-0.2, -0.15) is 0 Å². The molecule has 0 aliphatic carbocycles. The van der Waals surface area contributed by atoms with Crippen molar-refractivity contribution < 1.29 is 0 Å². The maximum atomic E-state index is 11.8. The molecule has 0 spiro atoms. The number of nitrogens with zero attached hydrogens (tertiary/aromatic N) is 1. The monoisotopic (exact) mass is 236 g/mol. The third-order valence-electron chi connectivity index (χ3n) is 2.78. The van der Waals surface area contributed by atoms with E-state index in [1.54, 1.807) is 10.6 Å². The summed E-state index contributed by atoms with van der Waals surface area (Å²) < 4.78 is 1.72. The van der Waals surface area contributed by atoms with Gasteiger partial charge in [0.15, 0.2) is 0 Å². The van der Waals surface area contributed by atoms with E-state index in [1.165, 1.54) is 5.56 Å². The van der Waals surface area contributed by atoms with Crippen LogP contribution in [-0.2, 0) is 19.4 Å².